The second kappa shape index (κ2) is 11.1. The fraction of sp³-hybridized carbons (Fsp3) is 0.632. The number of rotatable bonds is 11. The third kappa shape index (κ3) is 7.13. The molecule has 1 aliphatic carbocycles. The molecule has 1 aromatic rings. The van der Waals surface area contributed by atoms with Gasteiger partial charge in [-0.1, -0.05) is 19.3 Å². The third-order valence-corrected chi connectivity index (χ3v) is 6.00. The van der Waals surface area contributed by atoms with Crippen LogP contribution < -0.4 is 14.4 Å². The lowest BCUT2D eigenvalue weighted by molar-refractivity contribution is -0.384. The van der Waals surface area contributed by atoms with E-state index in [-0.39, 0.29) is 23.2 Å². The van der Waals surface area contributed by atoms with Crippen LogP contribution in [0.5, 0.6) is 5.75 Å². The standard InChI is InChI=1S/C19H29N3O7S/c1-28-18-10-9-15(22(24)25)13-17(18)21(30(2,26)27)14-19(23)20-11-6-12-29-16-7-4-3-5-8-16/h9-10,13,16H,3-8,11-12,14H2,1-2H3,(H,20,23). The largest absolute Gasteiger partial charge is 0.495 e. The maximum absolute atomic E-state index is 12.3. The number of hydrogen-bond acceptors (Lipinski definition) is 7. The predicted molar refractivity (Wildman–Crippen MR) is 112 cm³/mol. The average molecular weight is 444 g/mol. The minimum Gasteiger partial charge on any atom is -0.495 e. The fourth-order valence-corrected chi connectivity index (χ4v) is 4.19. The van der Waals surface area contributed by atoms with Gasteiger partial charge in [-0.2, -0.15) is 0 Å². The van der Waals surface area contributed by atoms with Crippen molar-refractivity contribution >= 4 is 27.3 Å². The number of nitro benzene ring substituents is 1. The number of nitrogens with zero attached hydrogens (tertiary/aromatic N) is 2. The lowest BCUT2D eigenvalue weighted by atomic mass is 9.98. The number of sulfonamides is 1. The van der Waals surface area contributed by atoms with Crippen molar-refractivity contribution in [1.82, 2.24) is 5.32 Å². The number of methoxy groups -OCH3 is 1. The number of nitrogens with one attached hydrogen (secondary N) is 1. The van der Waals surface area contributed by atoms with Gasteiger partial charge in [-0.15, -0.1) is 0 Å². The van der Waals surface area contributed by atoms with Gasteiger partial charge in [-0.25, -0.2) is 8.42 Å². The molecule has 1 saturated carbocycles. The van der Waals surface area contributed by atoms with Gasteiger partial charge in [0.25, 0.3) is 5.69 Å². The molecule has 0 spiro atoms. The molecule has 1 N–H and O–H groups in total. The minimum atomic E-state index is -3.89. The van der Waals surface area contributed by atoms with E-state index in [0.717, 1.165) is 29.5 Å². The van der Waals surface area contributed by atoms with Crippen molar-refractivity contribution in [1.29, 1.82) is 0 Å². The van der Waals surface area contributed by atoms with E-state index < -0.39 is 27.4 Å². The van der Waals surface area contributed by atoms with E-state index in [4.69, 9.17) is 9.47 Å². The summed E-state index contributed by atoms with van der Waals surface area (Å²) in [5, 5.41) is 13.7. The summed E-state index contributed by atoms with van der Waals surface area (Å²) in [6.07, 6.45) is 7.59. The number of ether oxygens (including phenoxy) is 2. The molecule has 2 rings (SSSR count). The second-order valence-electron chi connectivity index (χ2n) is 7.22. The van der Waals surface area contributed by atoms with Gasteiger partial charge in [0.15, 0.2) is 0 Å². The number of hydrogen-bond donors (Lipinski definition) is 1. The molecule has 0 saturated heterocycles. The van der Waals surface area contributed by atoms with Crippen LogP contribution in [0.2, 0.25) is 0 Å². The molecule has 11 heteroatoms. The summed E-state index contributed by atoms with van der Waals surface area (Å²) in [5.74, 6) is -0.411. The van der Waals surface area contributed by atoms with Crippen LogP contribution in [0.1, 0.15) is 38.5 Å². The summed E-state index contributed by atoms with van der Waals surface area (Å²) in [6, 6.07) is 3.58. The molecule has 1 aromatic carbocycles. The molecule has 10 nitrogen and oxygen atoms in total. The summed E-state index contributed by atoms with van der Waals surface area (Å²) in [4.78, 5) is 22.8. The SMILES string of the molecule is COc1ccc([N+](=O)[O-])cc1N(CC(=O)NCCCOC1CCCCC1)S(C)(=O)=O. The smallest absolute Gasteiger partial charge is 0.271 e. The topological polar surface area (TPSA) is 128 Å². The summed E-state index contributed by atoms with van der Waals surface area (Å²) in [5.41, 5.74) is -0.371. The van der Waals surface area contributed by atoms with Crippen molar-refractivity contribution in [3.05, 3.63) is 28.3 Å². The molecule has 0 aromatic heterocycles. The van der Waals surface area contributed by atoms with Crippen molar-refractivity contribution in [3.8, 4) is 5.75 Å². The van der Waals surface area contributed by atoms with E-state index >= 15 is 0 Å². The first-order valence-electron chi connectivity index (χ1n) is 9.91. The Morgan fingerprint density at radius 2 is 2.00 bits per heavy atom. The zero-order chi connectivity index (χ0) is 22.1. The molecule has 0 bridgehead atoms. The van der Waals surface area contributed by atoms with Crippen LogP contribution in [0.3, 0.4) is 0 Å². The second-order valence-corrected chi connectivity index (χ2v) is 9.12. The Hall–Kier alpha value is -2.40. The Morgan fingerprint density at radius 3 is 2.60 bits per heavy atom. The molecule has 0 aliphatic heterocycles. The van der Waals surface area contributed by atoms with Crippen molar-refractivity contribution in [2.45, 2.75) is 44.6 Å². The quantitative estimate of drug-likeness (QED) is 0.315. The van der Waals surface area contributed by atoms with Gasteiger partial charge >= 0.3 is 0 Å². The number of non-ortho nitro benzene ring substituents is 1. The van der Waals surface area contributed by atoms with Crippen LogP contribution in [0.25, 0.3) is 0 Å². The summed E-state index contributed by atoms with van der Waals surface area (Å²) in [7, 11) is -2.58. The van der Waals surface area contributed by atoms with E-state index in [1.54, 1.807) is 0 Å². The Labute approximate surface area is 176 Å². The number of carbonyl (C=O) groups is 1. The lowest BCUT2D eigenvalue weighted by Gasteiger charge is -2.24. The van der Waals surface area contributed by atoms with Crippen molar-refractivity contribution in [3.63, 3.8) is 0 Å². The van der Waals surface area contributed by atoms with Crippen LogP contribution in [-0.4, -0.2) is 58.4 Å². The molecule has 0 heterocycles. The number of anilines is 1. The van der Waals surface area contributed by atoms with Crippen LogP contribution >= 0.6 is 0 Å². The molecular formula is C19H29N3O7S. The first-order chi connectivity index (χ1) is 14.2. The Balaban J connectivity index is 1.95. The number of carbonyl (C=O) groups excluding carboxylic acids is 1. The summed E-state index contributed by atoms with van der Waals surface area (Å²) in [6.45, 7) is 0.356. The van der Waals surface area contributed by atoms with E-state index in [1.807, 2.05) is 0 Å². The first kappa shape index (κ1) is 23.9. The first-order valence-corrected chi connectivity index (χ1v) is 11.8. The molecule has 1 aliphatic rings. The number of nitro groups is 1. The molecule has 168 valence electrons. The highest BCUT2D eigenvalue weighted by atomic mass is 32.2. The van der Waals surface area contributed by atoms with Gasteiger partial charge in [0.1, 0.15) is 18.0 Å². The summed E-state index contributed by atoms with van der Waals surface area (Å²) >= 11 is 0. The van der Waals surface area contributed by atoms with E-state index in [2.05, 4.69) is 5.32 Å². The van der Waals surface area contributed by atoms with Gasteiger partial charge in [0.05, 0.1) is 24.4 Å². The van der Waals surface area contributed by atoms with E-state index in [9.17, 15) is 23.3 Å². The predicted octanol–water partition coefficient (Wildman–Crippen LogP) is 2.22. The lowest BCUT2D eigenvalue weighted by Crippen LogP contribution is -2.41. The molecule has 1 fully saturated rings. The van der Waals surface area contributed by atoms with E-state index in [1.165, 1.54) is 38.5 Å². The maximum atomic E-state index is 12.3. The Kier molecular flexibility index (Phi) is 8.85. The van der Waals surface area contributed by atoms with Crippen molar-refractivity contribution in [2.24, 2.45) is 0 Å². The fourth-order valence-electron chi connectivity index (χ4n) is 3.34. The van der Waals surface area contributed by atoms with Crippen molar-refractivity contribution in [2.75, 3.05) is 37.4 Å². The van der Waals surface area contributed by atoms with Gasteiger partial charge in [0, 0.05) is 25.3 Å². The van der Waals surface area contributed by atoms with Gasteiger partial charge in [-0.05, 0) is 25.3 Å². The Morgan fingerprint density at radius 1 is 1.30 bits per heavy atom. The molecule has 0 radical (unpaired) electrons. The zero-order valence-corrected chi connectivity index (χ0v) is 18.2. The molecule has 0 atom stereocenters. The molecule has 30 heavy (non-hydrogen) atoms. The average Bonchev–Trinajstić information content (AvgIpc) is 2.71. The van der Waals surface area contributed by atoms with Crippen LogP contribution in [0.15, 0.2) is 18.2 Å². The zero-order valence-electron chi connectivity index (χ0n) is 17.3. The maximum Gasteiger partial charge on any atom is 0.271 e. The normalized spacial score (nSPS) is 14.9. The minimum absolute atomic E-state index is 0.0648. The van der Waals surface area contributed by atoms with Crippen LogP contribution in [0, 0.1) is 10.1 Å². The monoisotopic (exact) mass is 443 g/mol. The van der Waals surface area contributed by atoms with Crippen molar-refractivity contribution < 1.29 is 27.6 Å². The molecule has 0 unspecified atom stereocenters. The third-order valence-electron chi connectivity index (χ3n) is 4.88. The molecule has 1 amide bonds. The van der Waals surface area contributed by atoms with Gasteiger partial charge < -0.3 is 14.8 Å². The summed E-state index contributed by atoms with van der Waals surface area (Å²) < 4.78 is 36.3. The number of benzene rings is 1. The van der Waals surface area contributed by atoms with Crippen LogP contribution in [0.4, 0.5) is 11.4 Å². The highest BCUT2D eigenvalue weighted by Crippen LogP contribution is 2.33. The van der Waals surface area contributed by atoms with Gasteiger partial charge in [-0.3, -0.25) is 19.2 Å². The highest BCUT2D eigenvalue weighted by molar-refractivity contribution is 7.92. The van der Waals surface area contributed by atoms with Gasteiger partial charge in [0.2, 0.25) is 15.9 Å². The Bertz CT molecular complexity index is 839. The highest BCUT2D eigenvalue weighted by Gasteiger charge is 2.26. The van der Waals surface area contributed by atoms with E-state index in [0.29, 0.717) is 19.6 Å². The molecular weight excluding hydrogens is 414 g/mol. The number of amides is 1. The van der Waals surface area contributed by atoms with Crippen LogP contribution in [-0.2, 0) is 19.6 Å².